The van der Waals surface area contributed by atoms with E-state index in [4.69, 9.17) is 5.11 Å². The first-order valence-electron chi connectivity index (χ1n) is 6.86. The number of nitrogens with zero attached hydrogens (tertiary/aromatic N) is 5. The van der Waals surface area contributed by atoms with Gasteiger partial charge in [0.2, 0.25) is 5.91 Å². The topological polar surface area (TPSA) is 93.2 Å². The maximum Gasteiger partial charge on any atom is 0.356 e. The summed E-state index contributed by atoms with van der Waals surface area (Å²) in [5.74, 6) is -1.11. The molecule has 0 unspecified atom stereocenters. The Bertz CT molecular complexity index is 688. The van der Waals surface area contributed by atoms with Gasteiger partial charge < -0.3 is 10.0 Å². The van der Waals surface area contributed by atoms with E-state index in [2.05, 4.69) is 10.2 Å². The number of carboxylic acids is 1. The predicted molar refractivity (Wildman–Crippen MR) is 78.2 cm³/mol. The molecule has 2 aromatic heterocycles. The molecular weight excluding hydrogens is 286 g/mol. The lowest BCUT2D eigenvalue weighted by molar-refractivity contribution is -0.130. The van der Waals surface area contributed by atoms with Crippen LogP contribution in [0, 0.1) is 6.92 Å². The van der Waals surface area contributed by atoms with Crippen molar-refractivity contribution in [2.24, 2.45) is 7.05 Å². The van der Waals surface area contributed by atoms with E-state index in [-0.39, 0.29) is 18.0 Å². The number of aryl methyl sites for hydroxylation is 3. The molecule has 0 saturated heterocycles. The predicted octanol–water partition coefficient (Wildman–Crippen LogP) is 0.672. The van der Waals surface area contributed by atoms with E-state index in [1.807, 2.05) is 20.2 Å². The monoisotopic (exact) mass is 305 g/mol. The second kappa shape index (κ2) is 6.42. The summed E-state index contributed by atoms with van der Waals surface area (Å²) < 4.78 is 3.19. The first-order chi connectivity index (χ1) is 10.4. The Morgan fingerprint density at radius 3 is 2.64 bits per heavy atom. The normalized spacial score (nSPS) is 10.7. The van der Waals surface area contributed by atoms with Crippen molar-refractivity contribution in [1.29, 1.82) is 0 Å². The molecule has 2 rings (SSSR count). The van der Waals surface area contributed by atoms with E-state index in [1.54, 1.807) is 22.8 Å². The highest BCUT2D eigenvalue weighted by molar-refractivity contribution is 5.85. The Morgan fingerprint density at radius 1 is 1.36 bits per heavy atom. The molecule has 0 atom stereocenters. The van der Waals surface area contributed by atoms with Crippen LogP contribution >= 0.6 is 0 Å². The van der Waals surface area contributed by atoms with Gasteiger partial charge in [-0.2, -0.15) is 10.2 Å². The quantitative estimate of drug-likeness (QED) is 0.846. The maximum absolute atomic E-state index is 12.1. The van der Waals surface area contributed by atoms with Crippen molar-refractivity contribution in [3.8, 4) is 0 Å². The molecule has 0 aliphatic heterocycles. The van der Waals surface area contributed by atoms with Crippen LogP contribution < -0.4 is 0 Å². The average molecular weight is 305 g/mol. The summed E-state index contributed by atoms with van der Waals surface area (Å²) in [5.41, 5.74) is 1.89. The van der Waals surface area contributed by atoms with Crippen LogP contribution in [0.4, 0.5) is 0 Å². The molecule has 8 heteroatoms. The van der Waals surface area contributed by atoms with Crippen LogP contribution in [0.25, 0.3) is 0 Å². The molecule has 0 aromatic carbocycles. The van der Waals surface area contributed by atoms with Crippen molar-refractivity contribution in [2.75, 3.05) is 7.05 Å². The van der Waals surface area contributed by atoms with Crippen LogP contribution in [0.15, 0.2) is 18.5 Å². The number of aromatic nitrogens is 4. The summed E-state index contributed by atoms with van der Waals surface area (Å²) in [6.45, 7) is 2.76. The van der Waals surface area contributed by atoms with Gasteiger partial charge in [-0.25, -0.2) is 4.79 Å². The number of hydrogen-bond acceptors (Lipinski definition) is 4. The molecule has 8 nitrogen and oxygen atoms in total. The smallest absolute Gasteiger partial charge is 0.356 e. The summed E-state index contributed by atoms with van der Waals surface area (Å²) in [6.07, 6.45) is 3.71. The molecule has 0 fully saturated rings. The van der Waals surface area contributed by atoms with Gasteiger partial charge in [0.25, 0.3) is 0 Å². The average Bonchev–Trinajstić information content (AvgIpc) is 3.03. The van der Waals surface area contributed by atoms with Crippen molar-refractivity contribution in [3.05, 3.63) is 35.4 Å². The van der Waals surface area contributed by atoms with Crippen LogP contribution in [-0.2, 0) is 24.9 Å². The zero-order chi connectivity index (χ0) is 16.3. The van der Waals surface area contributed by atoms with E-state index >= 15 is 0 Å². The summed E-state index contributed by atoms with van der Waals surface area (Å²) >= 11 is 0. The van der Waals surface area contributed by atoms with E-state index < -0.39 is 5.97 Å². The minimum atomic E-state index is -1.07. The van der Waals surface area contributed by atoms with Crippen LogP contribution in [0.3, 0.4) is 0 Å². The van der Waals surface area contributed by atoms with Gasteiger partial charge in [-0.3, -0.25) is 14.2 Å². The first kappa shape index (κ1) is 15.7. The van der Waals surface area contributed by atoms with Gasteiger partial charge in [0, 0.05) is 51.6 Å². The second-order valence-electron chi connectivity index (χ2n) is 5.18. The first-order valence-corrected chi connectivity index (χ1v) is 6.86. The Balaban J connectivity index is 1.88. The third kappa shape index (κ3) is 3.72. The molecule has 0 radical (unpaired) electrons. The van der Waals surface area contributed by atoms with Crippen LogP contribution in [0.1, 0.15) is 28.2 Å². The van der Waals surface area contributed by atoms with Crippen molar-refractivity contribution in [2.45, 2.75) is 26.4 Å². The molecule has 1 N–H and O–H groups in total. The molecular formula is C14H19N5O3. The number of carbonyl (C=O) groups excluding carboxylic acids is 1. The molecule has 0 bridgehead atoms. The standard InChI is InChI=1S/C14H19N5O3/c1-10-11(9-18(3)15-10)8-17(2)13(20)5-7-19-6-4-12(16-19)14(21)22/h4,6,9H,5,7-8H2,1-3H3,(H,21,22). The van der Waals surface area contributed by atoms with Crippen LogP contribution in [0.2, 0.25) is 0 Å². The highest BCUT2D eigenvalue weighted by atomic mass is 16.4. The lowest BCUT2D eigenvalue weighted by Gasteiger charge is -2.16. The minimum Gasteiger partial charge on any atom is -0.476 e. The molecule has 22 heavy (non-hydrogen) atoms. The number of aromatic carboxylic acids is 1. The van der Waals surface area contributed by atoms with Gasteiger partial charge in [-0.15, -0.1) is 0 Å². The molecule has 2 heterocycles. The van der Waals surface area contributed by atoms with Crippen LogP contribution in [0.5, 0.6) is 0 Å². The number of hydrogen-bond donors (Lipinski definition) is 1. The molecule has 0 aliphatic carbocycles. The van der Waals surface area contributed by atoms with Gasteiger partial charge in [0.05, 0.1) is 5.69 Å². The van der Waals surface area contributed by atoms with Crippen molar-refractivity contribution < 1.29 is 14.7 Å². The number of carboxylic acid groups (broad SMARTS) is 1. The summed E-state index contributed by atoms with van der Waals surface area (Å²) in [7, 11) is 3.58. The van der Waals surface area contributed by atoms with E-state index in [0.717, 1.165) is 11.3 Å². The zero-order valence-electron chi connectivity index (χ0n) is 12.9. The van der Waals surface area contributed by atoms with Crippen molar-refractivity contribution >= 4 is 11.9 Å². The molecule has 118 valence electrons. The highest BCUT2D eigenvalue weighted by Crippen LogP contribution is 2.09. The maximum atomic E-state index is 12.1. The second-order valence-corrected chi connectivity index (χ2v) is 5.18. The van der Waals surface area contributed by atoms with Crippen molar-refractivity contribution in [1.82, 2.24) is 24.5 Å². The van der Waals surface area contributed by atoms with Crippen molar-refractivity contribution in [3.63, 3.8) is 0 Å². The number of amides is 1. The van der Waals surface area contributed by atoms with E-state index in [9.17, 15) is 9.59 Å². The van der Waals surface area contributed by atoms with Gasteiger partial charge in [0.15, 0.2) is 5.69 Å². The largest absolute Gasteiger partial charge is 0.476 e. The lowest BCUT2D eigenvalue weighted by atomic mass is 10.2. The minimum absolute atomic E-state index is 0.0215. The Morgan fingerprint density at radius 2 is 2.09 bits per heavy atom. The number of carbonyl (C=O) groups is 2. The highest BCUT2D eigenvalue weighted by Gasteiger charge is 2.13. The third-order valence-electron chi connectivity index (χ3n) is 3.36. The summed E-state index contributed by atoms with van der Waals surface area (Å²) in [5, 5.41) is 16.9. The fourth-order valence-electron chi connectivity index (χ4n) is 2.15. The third-order valence-corrected chi connectivity index (χ3v) is 3.36. The van der Waals surface area contributed by atoms with E-state index in [0.29, 0.717) is 13.1 Å². The Hall–Kier alpha value is -2.64. The molecule has 1 amide bonds. The summed E-state index contributed by atoms with van der Waals surface area (Å²) in [6, 6.07) is 1.41. The number of rotatable bonds is 6. The molecule has 0 aliphatic rings. The van der Waals surface area contributed by atoms with Gasteiger partial charge in [-0.05, 0) is 13.0 Å². The van der Waals surface area contributed by atoms with Gasteiger partial charge in [0.1, 0.15) is 0 Å². The zero-order valence-corrected chi connectivity index (χ0v) is 12.9. The Labute approximate surface area is 127 Å². The van der Waals surface area contributed by atoms with Crippen LogP contribution in [-0.4, -0.2) is 48.5 Å². The SMILES string of the molecule is Cc1nn(C)cc1CN(C)C(=O)CCn1ccc(C(=O)O)n1. The fraction of sp³-hybridized carbons (Fsp3) is 0.429. The van der Waals surface area contributed by atoms with Gasteiger partial charge in [-0.1, -0.05) is 0 Å². The molecule has 2 aromatic rings. The molecule has 0 saturated carbocycles. The summed E-state index contributed by atoms with van der Waals surface area (Å²) in [4.78, 5) is 24.5. The fourth-order valence-corrected chi connectivity index (χ4v) is 2.15. The molecule has 0 spiro atoms. The lowest BCUT2D eigenvalue weighted by Crippen LogP contribution is -2.27. The Kier molecular flexibility index (Phi) is 4.59. The van der Waals surface area contributed by atoms with Gasteiger partial charge >= 0.3 is 5.97 Å². The van der Waals surface area contributed by atoms with E-state index in [1.165, 1.54) is 10.7 Å².